The van der Waals surface area contributed by atoms with Gasteiger partial charge in [0.2, 0.25) is 0 Å². The number of alkyl carbamates (subject to hydrolysis) is 1. The van der Waals surface area contributed by atoms with Crippen LogP contribution in [0.15, 0.2) is 66.7 Å². The summed E-state index contributed by atoms with van der Waals surface area (Å²) >= 11 is 0. The number of carbonyl (C=O) groups excluding carboxylic acids is 1. The number of ether oxygens (including phenoxy) is 1. The monoisotopic (exact) mass is 383 g/mol. The van der Waals surface area contributed by atoms with E-state index in [-0.39, 0.29) is 25.4 Å². The molecule has 2 atom stereocenters. The molecule has 0 fully saturated rings. The number of fused-ring (bicyclic) bond motifs is 1. The highest BCUT2D eigenvalue weighted by Crippen LogP contribution is 2.28. The van der Waals surface area contributed by atoms with Crippen LogP contribution in [0.4, 0.5) is 9.18 Å². The van der Waals surface area contributed by atoms with Gasteiger partial charge >= 0.3 is 6.09 Å². The molecular weight excluding hydrogens is 361 g/mol. The van der Waals surface area contributed by atoms with Crippen LogP contribution < -0.4 is 5.32 Å². The first-order chi connectivity index (χ1) is 13.6. The fourth-order valence-electron chi connectivity index (χ4n) is 3.00. The van der Waals surface area contributed by atoms with E-state index in [2.05, 4.69) is 5.32 Å². The molecule has 0 aliphatic heterocycles. The van der Waals surface area contributed by atoms with Crippen molar-refractivity contribution in [2.45, 2.75) is 25.2 Å². The predicted molar refractivity (Wildman–Crippen MR) is 104 cm³/mol. The van der Waals surface area contributed by atoms with Crippen LogP contribution in [0.25, 0.3) is 10.8 Å². The number of hydrogen-bond acceptors (Lipinski definition) is 4. The molecule has 3 rings (SSSR count). The quantitative estimate of drug-likeness (QED) is 0.581. The standard InChI is InChI=1S/C22H22FNO4/c23-19-11-10-18(16-8-4-5-9-17(16)19)21(26)20(25)12-13-24-22(27)28-14-15-6-2-1-3-7-15/h1-11,20-21,25-26H,12-14H2,(H,24,27). The summed E-state index contributed by atoms with van der Waals surface area (Å²) in [5.74, 6) is -0.385. The number of aliphatic hydroxyl groups is 2. The van der Waals surface area contributed by atoms with Crippen LogP contribution in [-0.2, 0) is 11.3 Å². The second-order valence-electron chi connectivity index (χ2n) is 6.47. The second-order valence-corrected chi connectivity index (χ2v) is 6.47. The van der Waals surface area contributed by atoms with Crippen molar-refractivity contribution in [3.63, 3.8) is 0 Å². The van der Waals surface area contributed by atoms with Crippen molar-refractivity contribution in [2.75, 3.05) is 6.54 Å². The minimum atomic E-state index is -1.20. The molecule has 3 aromatic carbocycles. The van der Waals surface area contributed by atoms with Crippen LogP contribution in [0, 0.1) is 5.82 Å². The zero-order valence-corrected chi connectivity index (χ0v) is 15.2. The summed E-state index contributed by atoms with van der Waals surface area (Å²) in [4.78, 5) is 11.7. The van der Waals surface area contributed by atoms with Crippen molar-refractivity contribution >= 4 is 16.9 Å². The van der Waals surface area contributed by atoms with Gasteiger partial charge in [-0.2, -0.15) is 0 Å². The highest BCUT2D eigenvalue weighted by molar-refractivity contribution is 5.86. The van der Waals surface area contributed by atoms with E-state index >= 15 is 0 Å². The largest absolute Gasteiger partial charge is 0.445 e. The summed E-state index contributed by atoms with van der Waals surface area (Å²) in [5, 5.41) is 24.2. The van der Waals surface area contributed by atoms with Gasteiger partial charge in [-0.25, -0.2) is 9.18 Å². The van der Waals surface area contributed by atoms with Crippen LogP contribution in [-0.4, -0.2) is 29.0 Å². The Morgan fingerprint density at radius 1 is 0.964 bits per heavy atom. The van der Waals surface area contributed by atoms with Crippen LogP contribution in [0.1, 0.15) is 23.7 Å². The summed E-state index contributed by atoms with van der Waals surface area (Å²) in [7, 11) is 0. The van der Waals surface area contributed by atoms with Crippen LogP contribution in [0.3, 0.4) is 0 Å². The van der Waals surface area contributed by atoms with E-state index in [1.54, 1.807) is 24.3 Å². The molecule has 146 valence electrons. The number of aliphatic hydroxyl groups excluding tert-OH is 2. The molecule has 3 aromatic rings. The van der Waals surface area contributed by atoms with Gasteiger partial charge in [-0.3, -0.25) is 0 Å². The van der Waals surface area contributed by atoms with E-state index in [1.807, 2.05) is 30.3 Å². The first-order valence-electron chi connectivity index (χ1n) is 9.04. The summed E-state index contributed by atoms with van der Waals surface area (Å²) in [5.41, 5.74) is 1.31. The van der Waals surface area contributed by atoms with Crippen molar-refractivity contribution in [3.05, 3.63) is 83.7 Å². The number of nitrogens with one attached hydrogen (secondary N) is 1. The Morgan fingerprint density at radius 2 is 1.64 bits per heavy atom. The summed E-state index contributed by atoms with van der Waals surface area (Å²) < 4.78 is 19.0. The Hall–Kier alpha value is -2.96. The maximum Gasteiger partial charge on any atom is 0.407 e. The molecule has 2 unspecified atom stereocenters. The van der Waals surface area contributed by atoms with Gasteiger partial charge in [0.15, 0.2) is 0 Å². The molecule has 0 aliphatic rings. The number of hydrogen-bond donors (Lipinski definition) is 3. The maximum absolute atomic E-state index is 13.9. The highest BCUT2D eigenvalue weighted by Gasteiger charge is 2.21. The Labute approximate surface area is 162 Å². The minimum absolute atomic E-state index is 0.118. The van der Waals surface area contributed by atoms with Gasteiger partial charge in [0.05, 0.1) is 6.10 Å². The molecule has 0 aliphatic carbocycles. The van der Waals surface area contributed by atoms with Crippen LogP contribution in [0.5, 0.6) is 0 Å². The normalized spacial score (nSPS) is 13.1. The Kier molecular flexibility index (Phi) is 6.57. The molecule has 0 saturated heterocycles. The van der Waals surface area contributed by atoms with Gasteiger partial charge in [-0.1, -0.05) is 60.7 Å². The smallest absolute Gasteiger partial charge is 0.407 e. The first-order valence-corrected chi connectivity index (χ1v) is 9.04. The van der Waals surface area contributed by atoms with E-state index in [4.69, 9.17) is 4.74 Å². The number of amides is 1. The number of halogens is 1. The van der Waals surface area contributed by atoms with Gasteiger partial charge in [0.1, 0.15) is 18.5 Å². The highest BCUT2D eigenvalue weighted by atomic mass is 19.1. The van der Waals surface area contributed by atoms with Crippen molar-refractivity contribution in [1.82, 2.24) is 5.32 Å². The zero-order valence-electron chi connectivity index (χ0n) is 15.2. The molecule has 0 bridgehead atoms. The molecular formula is C22H22FNO4. The molecule has 28 heavy (non-hydrogen) atoms. The molecule has 0 radical (unpaired) electrons. The van der Waals surface area contributed by atoms with E-state index in [0.717, 1.165) is 5.56 Å². The lowest BCUT2D eigenvalue weighted by atomic mass is 9.96. The molecule has 0 heterocycles. The van der Waals surface area contributed by atoms with Crippen molar-refractivity contribution < 1.29 is 24.1 Å². The van der Waals surface area contributed by atoms with Crippen molar-refractivity contribution in [3.8, 4) is 0 Å². The number of carbonyl (C=O) groups is 1. The topological polar surface area (TPSA) is 78.8 Å². The van der Waals surface area contributed by atoms with Gasteiger partial charge in [-0.05, 0) is 29.0 Å². The maximum atomic E-state index is 13.9. The fourth-order valence-corrected chi connectivity index (χ4v) is 3.00. The summed E-state index contributed by atoms with van der Waals surface area (Å²) in [6, 6.07) is 18.8. The zero-order chi connectivity index (χ0) is 19.9. The van der Waals surface area contributed by atoms with Gasteiger partial charge in [0.25, 0.3) is 0 Å². The molecule has 0 saturated carbocycles. The van der Waals surface area contributed by atoms with E-state index in [0.29, 0.717) is 16.3 Å². The van der Waals surface area contributed by atoms with E-state index in [1.165, 1.54) is 12.1 Å². The molecule has 0 aromatic heterocycles. The van der Waals surface area contributed by atoms with Crippen LogP contribution in [0.2, 0.25) is 0 Å². The summed E-state index contributed by atoms with van der Waals surface area (Å²) in [6.07, 6.45) is -2.80. The molecule has 3 N–H and O–H groups in total. The van der Waals surface area contributed by atoms with Gasteiger partial charge < -0.3 is 20.3 Å². The van der Waals surface area contributed by atoms with Crippen molar-refractivity contribution in [2.24, 2.45) is 0 Å². The van der Waals surface area contributed by atoms with E-state index < -0.39 is 18.3 Å². The van der Waals surface area contributed by atoms with Crippen LogP contribution >= 0.6 is 0 Å². The lowest BCUT2D eigenvalue weighted by Crippen LogP contribution is -2.29. The average molecular weight is 383 g/mol. The third kappa shape index (κ3) is 4.85. The first kappa shape index (κ1) is 19.8. The number of rotatable bonds is 7. The molecule has 5 nitrogen and oxygen atoms in total. The minimum Gasteiger partial charge on any atom is -0.445 e. The predicted octanol–water partition coefficient (Wildman–Crippen LogP) is 3.69. The summed E-state index contributed by atoms with van der Waals surface area (Å²) in [6.45, 7) is 0.282. The fraction of sp³-hybridized carbons (Fsp3) is 0.227. The lowest BCUT2D eigenvalue weighted by molar-refractivity contribution is 0.0144. The molecule has 0 spiro atoms. The SMILES string of the molecule is O=C(NCCC(O)C(O)c1ccc(F)c2ccccc12)OCc1ccccc1. The average Bonchev–Trinajstić information content (AvgIpc) is 2.73. The Bertz CT molecular complexity index is 932. The van der Waals surface area contributed by atoms with Gasteiger partial charge in [0, 0.05) is 11.9 Å². The third-order valence-corrected chi connectivity index (χ3v) is 4.51. The Balaban J connectivity index is 1.52. The van der Waals surface area contributed by atoms with E-state index in [9.17, 15) is 19.4 Å². The molecule has 1 amide bonds. The molecule has 6 heteroatoms. The second kappa shape index (κ2) is 9.30. The third-order valence-electron chi connectivity index (χ3n) is 4.51. The number of benzene rings is 3. The van der Waals surface area contributed by atoms with Gasteiger partial charge in [-0.15, -0.1) is 0 Å². The Morgan fingerprint density at radius 3 is 2.39 bits per heavy atom. The lowest BCUT2D eigenvalue weighted by Gasteiger charge is -2.20. The van der Waals surface area contributed by atoms with Crippen molar-refractivity contribution in [1.29, 1.82) is 0 Å².